The lowest BCUT2D eigenvalue weighted by Gasteiger charge is -2.31. The lowest BCUT2D eigenvalue weighted by atomic mass is 10.0. The van der Waals surface area contributed by atoms with Gasteiger partial charge in [0, 0.05) is 20.7 Å². The quantitative estimate of drug-likeness (QED) is 0.214. The van der Waals surface area contributed by atoms with Gasteiger partial charge in [-0.25, -0.2) is 13.9 Å². The predicted octanol–water partition coefficient (Wildman–Crippen LogP) is 6.21. The zero-order valence-corrected chi connectivity index (χ0v) is 26.3. The van der Waals surface area contributed by atoms with E-state index in [9.17, 15) is 17.4 Å². The molecule has 1 aliphatic rings. The van der Waals surface area contributed by atoms with Crippen LogP contribution in [0.5, 0.6) is 0 Å². The number of nitrogens with two attached hydrogens (primary N) is 1. The molecular weight excluding hydrogens is 545 g/mol. The smallest absolute Gasteiger partial charge is 0.364 e. The van der Waals surface area contributed by atoms with Crippen LogP contribution in [0.25, 0.3) is 11.0 Å². The van der Waals surface area contributed by atoms with Gasteiger partial charge in [-0.05, 0) is 77.1 Å². The van der Waals surface area contributed by atoms with Crippen LogP contribution in [0.3, 0.4) is 0 Å². The number of alkyl halides is 3. The summed E-state index contributed by atoms with van der Waals surface area (Å²) in [6.07, 6.45) is -2.38. The first-order chi connectivity index (χ1) is 17.8. The van der Waals surface area contributed by atoms with E-state index in [1.54, 1.807) is 20.8 Å². The normalized spacial score (nSPS) is 17.9. The van der Waals surface area contributed by atoms with E-state index < -0.39 is 41.6 Å². The summed E-state index contributed by atoms with van der Waals surface area (Å²) in [5, 5.41) is 0. The van der Waals surface area contributed by atoms with Crippen molar-refractivity contribution in [3.05, 3.63) is 29.6 Å². The molecule has 0 amide bonds. The minimum Gasteiger partial charge on any atom is -0.364 e. The van der Waals surface area contributed by atoms with Crippen molar-refractivity contribution in [2.45, 2.75) is 108 Å². The highest BCUT2D eigenvalue weighted by Gasteiger charge is 2.49. The average Bonchev–Trinajstić information content (AvgIpc) is 3.58. The topological polar surface area (TPSA) is 91.4 Å². The highest BCUT2D eigenvalue weighted by Crippen LogP contribution is 2.40. The number of ether oxygens (including phenoxy) is 2. The van der Waals surface area contributed by atoms with E-state index in [0.29, 0.717) is 23.9 Å². The second kappa shape index (κ2) is 11.9. The second-order valence-corrected chi connectivity index (χ2v) is 20.8. The molecule has 222 valence electrons. The van der Waals surface area contributed by atoms with Gasteiger partial charge in [0.25, 0.3) is 0 Å². The molecule has 1 aromatic carbocycles. The Morgan fingerprint density at radius 1 is 1.18 bits per heavy atom. The molecule has 0 spiro atoms. The largest absolute Gasteiger partial charge is 0.416 e. The van der Waals surface area contributed by atoms with Crippen LogP contribution < -0.4 is 10.5 Å². The maximum absolute atomic E-state index is 13.6. The number of halogens is 3. The molecule has 0 aliphatic heterocycles. The molecule has 3 N–H and O–H groups in total. The van der Waals surface area contributed by atoms with Crippen LogP contribution in [0.1, 0.15) is 70.9 Å². The summed E-state index contributed by atoms with van der Waals surface area (Å²) in [5.74, 6) is 0.860. The van der Waals surface area contributed by atoms with Crippen molar-refractivity contribution in [3.63, 3.8) is 0 Å². The van der Waals surface area contributed by atoms with Crippen LogP contribution in [-0.4, -0.2) is 51.6 Å². The monoisotopic (exact) mass is 590 g/mol. The molecule has 1 fully saturated rings. The summed E-state index contributed by atoms with van der Waals surface area (Å²) < 4.78 is 69.7. The molecule has 0 saturated heterocycles. The van der Waals surface area contributed by atoms with Crippen LogP contribution in [0.2, 0.25) is 25.7 Å². The SMILES string of the molecule is CC(C)(C)[S@](=O)N[C@H](COC(C)(C)C(F)(F)F)c1nc2ccc([C@H](N)C3CC3)cc2n1COCC[Si](C)(C)C. The van der Waals surface area contributed by atoms with Gasteiger partial charge in [-0.15, -0.1) is 0 Å². The van der Waals surface area contributed by atoms with Gasteiger partial charge in [0.1, 0.15) is 18.6 Å². The molecule has 1 aromatic heterocycles. The third kappa shape index (κ3) is 8.59. The zero-order chi connectivity index (χ0) is 29.4. The highest BCUT2D eigenvalue weighted by atomic mass is 32.2. The first kappa shape index (κ1) is 32.2. The summed E-state index contributed by atoms with van der Waals surface area (Å²) in [5.41, 5.74) is 6.51. The highest BCUT2D eigenvalue weighted by molar-refractivity contribution is 7.84. The van der Waals surface area contributed by atoms with E-state index in [1.807, 2.05) is 22.8 Å². The minimum absolute atomic E-state index is 0.0905. The van der Waals surface area contributed by atoms with Crippen molar-refractivity contribution in [2.24, 2.45) is 11.7 Å². The minimum atomic E-state index is -4.57. The van der Waals surface area contributed by atoms with E-state index in [0.717, 1.165) is 43.8 Å². The van der Waals surface area contributed by atoms with Crippen molar-refractivity contribution < 1.29 is 26.9 Å². The van der Waals surface area contributed by atoms with Crippen LogP contribution >= 0.6 is 0 Å². The van der Waals surface area contributed by atoms with E-state index in [2.05, 4.69) is 24.4 Å². The van der Waals surface area contributed by atoms with Crippen LogP contribution in [-0.2, 0) is 27.2 Å². The Labute approximate surface area is 234 Å². The van der Waals surface area contributed by atoms with Gasteiger partial charge < -0.3 is 19.8 Å². The Bertz CT molecular complexity index is 1150. The summed E-state index contributed by atoms with van der Waals surface area (Å²) in [4.78, 5) is 4.79. The first-order valence-corrected chi connectivity index (χ1v) is 18.4. The maximum Gasteiger partial charge on any atom is 0.416 e. The third-order valence-corrected chi connectivity index (χ3v) is 10.3. The Morgan fingerprint density at radius 2 is 1.82 bits per heavy atom. The predicted molar refractivity (Wildman–Crippen MR) is 153 cm³/mol. The second-order valence-electron chi connectivity index (χ2n) is 13.2. The van der Waals surface area contributed by atoms with Crippen molar-refractivity contribution in [1.82, 2.24) is 14.3 Å². The van der Waals surface area contributed by atoms with Gasteiger partial charge in [0.2, 0.25) is 0 Å². The third-order valence-electron chi connectivity index (χ3n) is 6.94. The summed E-state index contributed by atoms with van der Waals surface area (Å²) in [6.45, 7) is 14.5. The van der Waals surface area contributed by atoms with Crippen LogP contribution in [0.15, 0.2) is 18.2 Å². The molecule has 12 heteroatoms. The number of aromatic nitrogens is 2. The molecule has 1 saturated carbocycles. The van der Waals surface area contributed by atoms with Crippen molar-refractivity contribution >= 4 is 30.1 Å². The molecule has 1 heterocycles. The molecule has 0 unspecified atom stereocenters. The molecule has 1 aliphatic carbocycles. The van der Waals surface area contributed by atoms with Gasteiger partial charge in [-0.3, -0.25) is 0 Å². The number of nitrogens with one attached hydrogen (secondary N) is 1. The van der Waals surface area contributed by atoms with Crippen LogP contribution in [0, 0.1) is 5.92 Å². The lowest BCUT2D eigenvalue weighted by molar-refractivity contribution is -0.265. The first-order valence-electron chi connectivity index (χ1n) is 13.5. The number of hydrogen-bond donors (Lipinski definition) is 2. The van der Waals surface area contributed by atoms with E-state index >= 15 is 0 Å². The van der Waals surface area contributed by atoms with Gasteiger partial charge in [0.15, 0.2) is 5.60 Å². The molecule has 39 heavy (non-hydrogen) atoms. The van der Waals surface area contributed by atoms with Crippen molar-refractivity contribution in [1.29, 1.82) is 0 Å². The number of fused-ring (bicyclic) bond motifs is 1. The molecule has 0 bridgehead atoms. The van der Waals surface area contributed by atoms with Crippen molar-refractivity contribution in [2.75, 3.05) is 13.2 Å². The molecule has 3 rings (SSSR count). The standard InChI is InChI=1S/C27H45F3N4O3SSi/c1-25(2,3)38(35)33-21(16-37-26(4,5)27(28,29)30)24-32-20-12-11-19(23(31)18-9-10-18)15-22(20)34(24)17-36-13-14-39(6,7)8/h11-12,15,18,21,23,33H,9-10,13-14,16-17,31H2,1-8H3/t21-,23-,38+/m1/s1. The van der Waals surface area contributed by atoms with E-state index in [4.69, 9.17) is 20.2 Å². The summed E-state index contributed by atoms with van der Waals surface area (Å²) in [7, 11) is -2.93. The molecule has 2 aromatic rings. The molecule has 7 nitrogen and oxygen atoms in total. The Morgan fingerprint density at radius 3 is 2.36 bits per heavy atom. The van der Waals surface area contributed by atoms with Gasteiger partial charge in [-0.1, -0.05) is 25.7 Å². The van der Waals surface area contributed by atoms with Crippen LogP contribution in [0.4, 0.5) is 13.2 Å². The number of rotatable bonds is 13. The van der Waals surface area contributed by atoms with E-state index in [-0.39, 0.29) is 19.4 Å². The fourth-order valence-electron chi connectivity index (χ4n) is 3.87. The Balaban J connectivity index is 2.03. The fourth-order valence-corrected chi connectivity index (χ4v) is 5.41. The fraction of sp³-hybridized carbons (Fsp3) is 0.741. The Hall–Kier alpha value is -1.31. The van der Waals surface area contributed by atoms with Gasteiger partial charge in [-0.2, -0.15) is 13.2 Å². The lowest BCUT2D eigenvalue weighted by Crippen LogP contribution is -2.45. The molecule has 0 radical (unpaired) electrons. The zero-order valence-electron chi connectivity index (χ0n) is 24.4. The summed E-state index contributed by atoms with van der Waals surface area (Å²) >= 11 is 0. The maximum atomic E-state index is 13.6. The Kier molecular flexibility index (Phi) is 9.82. The average molecular weight is 591 g/mol. The number of hydrogen-bond acceptors (Lipinski definition) is 5. The number of nitrogens with zero attached hydrogens (tertiary/aromatic N) is 2. The number of benzene rings is 1. The molecule has 3 atom stereocenters. The molecular formula is C27H45F3N4O3SSi. The van der Waals surface area contributed by atoms with Gasteiger partial charge >= 0.3 is 6.18 Å². The van der Waals surface area contributed by atoms with Crippen molar-refractivity contribution in [3.8, 4) is 0 Å². The summed E-state index contributed by atoms with van der Waals surface area (Å²) in [6, 6.07) is 5.82. The van der Waals surface area contributed by atoms with E-state index in [1.165, 1.54) is 0 Å². The van der Waals surface area contributed by atoms with Gasteiger partial charge in [0.05, 0.1) is 33.4 Å². The number of imidazole rings is 1.